The molecular formula is C13H15ClN2O3S. The summed E-state index contributed by atoms with van der Waals surface area (Å²) in [4.78, 5) is 26.4. The monoisotopic (exact) mass is 314 g/mol. The molecule has 1 aromatic rings. The van der Waals surface area contributed by atoms with Gasteiger partial charge in [0.05, 0.1) is 22.9 Å². The van der Waals surface area contributed by atoms with Crippen LogP contribution in [0.5, 0.6) is 0 Å². The molecule has 2 amide bonds. The summed E-state index contributed by atoms with van der Waals surface area (Å²) in [6.07, 6.45) is 1.17. The van der Waals surface area contributed by atoms with Gasteiger partial charge in [0, 0.05) is 18.0 Å². The molecule has 0 aromatic carbocycles. The number of hydrogen-bond acceptors (Lipinski definition) is 4. The van der Waals surface area contributed by atoms with Crippen molar-refractivity contribution in [1.82, 2.24) is 10.2 Å². The molecule has 2 aliphatic heterocycles. The van der Waals surface area contributed by atoms with Crippen LogP contribution in [0.4, 0.5) is 0 Å². The van der Waals surface area contributed by atoms with Gasteiger partial charge in [-0.3, -0.25) is 9.59 Å². The molecule has 2 atom stereocenters. The molecule has 7 heteroatoms. The van der Waals surface area contributed by atoms with E-state index in [2.05, 4.69) is 5.32 Å². The van der Waals surface area contributed by atoms with E-state index in [-0.39, 0.29) is 30.6 Å². The van der Waals surface area contributed by atoms with Gasteiger partial charge in [0.1, 0.15) is 6.61 Å². The maximum absolute atomic E-state index is 12.3. The zero-order valence-corrected chi connectivity index (χ0v) is 12.4. The number of rotatable bonds is 2. The number of nitrogens with one attached hydrogen (secondary N) is 1. The van der Waals surface area contributed by atoms with Crippen molar-refractivity contribution in [3.8, 4) is 0 Å². The Morgan fingerprint density at radius 3 is 3.15 bits per heavy atom. The minimum atomic E-state index is -0.106. The predicted octanol–water partition coefficient (Wildman–Crippen LogP) is 1.06. The predicted molar refractivity (Wildman–Crippen MR) is 75.9 cm³/mol. The highest BCUT2D eigenvalue weighted by atomic mass is 35.5. The summed E-state index contributed by atoms with van der Waals surface area (Å²) in [5, 5.41) is 2.89. The first-order valence-corrected chi connectivity index (χ1v) is 7.74. The molecule has 2 saturated heterocycles. The van der Waals surface area contributed by atoms with Crippen LogP contribution in [0, 0.1) is 0 Å². The summed E-state index contributed by atoms with van der Waals surface area (Å²) in [5.74, 6) is -0.0348. The second-order valence-electron chi connectivity index (χ2n) is 5.03. The maximum atomic E-state index is 12.3. The number of likely N-dealkylation sites (tertiary alicyclic amines) is 1. The van der Waals surface area contributed by atoms with Crippen molar-refractivity contribution in [1.29, 1.82) is 0 Å². The Labute approximate surface area is 125 Å². The standard InChI is InChI=1S/C13H15ClN2O3S/c14-11-2-1-8(20-11)5-13(18)16-4-3-10-9(6-16)15-12(17)7-19-10/h1-2,9-10H,3-7H2,(H,15,17). The Kier molecular flexibility index (Phi) is 3.96. The van der Waals surface area contributed by atoms with Gasteiger partial charge in [-0.05, 0) is 18.6 Å². The summed E-state index contributed by atoms with van der Waals surface area (Å²) >= 11 is 7.29. The normalized spacial score (nSPS) is 26.1. The third-order valence-electron chi connectivity index (χ3n) is 3.63. The molecule has 0 radical (unpaired) electrons. The third-order valence-corrected chi connectivity index (χ3v) is 4.86. The molecule has 0 aliphatic carbocycles. The van der Waals surface area contributed by atoms with Crippen LogP contribution >= 0.6 is 22.9 Å². The maximum Gasteiger partial charge on any atom is 0.246 e. The molecule has 1 aromatic heterocycles. The third kappa shape index (κ3) is 2.97. The van der Waals surface area contributed by atoms with Gasteiger partial charge < -0.3 is 15.0 Å². The second-order valence-corrected chi connectivity index (χ2v) is 6.83. The molecular weight excluding hydrogens is 300 g/mol. The zero-order valence-electron chi connectivity index (χ0n) is 10.8. The Balaban J connectivity index is 1.60. The molecule has 5 nitrogen and oxygen atoms in total. The van der Waals surface area contributed by atoms with E-state index in [1.54, 1.807) is 11.0 Å². The van der Waals surface area contributed by atoms with Crippen molar-refractivity contribution in [3.63, 3.8) is 0 Å². The highest BCUT2D eigenvalue weighted by Crippen LogP contribution is 2.23. The van der Waals surface area contributed by atoms with E-state index in [1.165, 1.54) is 11.3 Å². The minimum Gasteiger partial charge on any atom is -0.366 e. The number of hydrogen-bond donors (Lipinski definition) is 1. The molecule has 0 spiro atoms. The van der Waals surface area contributed by atoms with E-state index in [0.29, 0.717) is 23.8 Å². The summed E-state index contributed by atoms with van der Waals surface area (Å²) in [7, 11) is 0. The van der Waals surface area contributed by atoms with Crippen LogP contribution in [0.2, 0.25) is 4.34 Å². The van der Waals surface area contributed by atoms with Crippen LogP contribution < -0.4 is 5.32 Å². The van der Waals surface area contributed by atoms with Crippen molar-refractivity contribution in [2.45, 2.75) is 25.0 Å². The molecule has 2 aliphatic rings. The van der Waals surface area contributed by atoms with Crippen LogP contribution in [0.15, 0.2) is 12.1 Å². The number of carbonyl (C=O) groups excluding carboxylic acids is 2. The molecule has 20 heavy (non-hydrogen) atoms. The van der Waals surface area contributed by atoms with Gasteiger partial charge in [-0.2, -0.15) is 0 Å². The number of ether oxygens (including phenoxy) is 1. The van der Waals surface area contributed by atoms with Crippen molar-refractivity contribution in [2.24, 2.45) is 0 Å². The average Bonchev–Trinajstić information content (AvgIpc) is 2.83. The van der Waals surface area contributed by atoms with E-state index in [4.69, 9.17) is 16.3 Å². The van der Waals surface area contributed by atoms with Crippen molar-refractivity contribution < 1.29 is 14.3 Å². The van der Waals surface area contributed by atoms with Gasteiger partial charge in [-0.25, -0.2) is 0 Å². The zero-order chi connectivity index (χ0) is 14.1. The average molecular weight is 315 g/mol. The Morgan fingerprint density at radius 2 is 2.40 bits per heavy atom. The van der Waals surface area contributed by atoms with Gasteiger partial charge in [-0.15, -0.1) is 11.3 Å². The molecule has 2 fully saturated rings. The summed E-state index contributed by atoms with van der Waals surface area (Å²) in [6, 6.07) is 3.60. The van der Waals surface area contributed by atoms with E-state index < -0.39 is 0 Å². The van der Waals surface area contributed by atoms with Crippen molar-refractivity contribution in [2.75, 3.05) is 19.7 Å². The largest absolute Gasteiger partial charge is 0.366 e. The van der Waals surface area contributed by atoms with E-state index in [9.17, 15) is 9.59 Å². The lowest BCUT2D eigenvalue weighted by Gasteiger charge is -2.41. The number of carbonyl (C=O) groups is 2. The molecule has 0 saturated carbocycles. The van der Waals surface area contributed by atoms with Crippen molar-refractivity contribution in [3.05, 3.63) is 21.3 Å². The lowest BCUT2D eigenvalue weighted by atomic mass is 10.00. The number of fused-ring (bicyclic) bond motifs is 1. The van der Waals surface area contributed by atoms with Gasteiger partial charge in [0.15, 0.2) is 0 Å². The fourth-order valence-corrected chi connectivity index (χ4v) is 3.71. The molecule has 3 heterocycles. The number of nitrogens with zero attached hydrogens (tertiary/aromatic N) is 1. The Hall–Kier alpha value is -1.11. The number of thiophene rings is 1. The lowest BCUT2D eigenvalue weighted by Crippen LogP contribution is -2.61. The Bertz CT molecular complexity index is 533. The molecule has 1 N–H and O–H groups in total. The number of amides is 2. The summed E-state index contributed by atoms with van der Waals surface area (Å²) in [6.45, 7) is 1.33. The van der Waals surface area contributed by atoms with Crippen molar-refractivity contribution >= 4 is 34.8 Å². The van der Waals surface area contributed by atoms with Gasteiger partial charge >= 0.3 is 0 Å². The van der Waals surface area contributed by atoms with E-state index >= 15 is 0 Å². The quantitative estimate of drug-likeness (QED) is 0.888. The first-order chi connectivity index (χ1) is 9.61. The van der Waals surface area contributed by atoms with Crippen LogP contribution in [-0.2, 0) is 20.7 Å². The second kappa shape index (κ2) is 5.71. The Morgan fingerprint density at radius 1 is 1.55 bits per heavy atom. The van der Waals surface area contributed by atoms with E-state index in [0.717, 1.165) is 11.3 Å². The van der Waals surface area contributed by atoms with Crippen LogP contribution in [-0.4, -0.2) is 48.6 Å². The first kappa shape index (κ1) is 13.9. The van der Waals surface area contributed by atoms with E-state index in [1.807, 2.05) is 6.07 Å². The van der Waals surface area contributed by atoms with Crippen LogP contribution in [0.1, 0.15) is 11.3 Å². The topological polar surface area (TPSA) is 58.6 Å². The minimum absolute atomic E-state index is 0.0351. The van der Waals surface area contributed by atoms with Crippen LogP contribution in [0.3, 0.4) is 0 Å². The molecule has 3 rings (SSSR count). The number of piperidine rings is 1. The summed E-state index contributed by atoms with van der Waals surface area (Å²) < 4.78 is 6.17. The van der Waals surface area contributed by atoms with Gasteiger partial charge in [0.2, 0.25) is 11.8 Å². The fraction of sp³-hybridized carbons (Fsp3) is 0.538. The summed E-state index contributed by atoms with van der Waals surface area (Å²) in [5.41, 5.74) is 0. The smallest absolute Gasteiger partial charge is 0.246 e. The highest BCUT2D eigenvalue weighted by molar-refractivity contribution is 7.16. The van der Waals surface area contributed by atoms with Gasteiger partial charge in [-0.1, -0.05) is 11.6 Å². The molecule has 108 valence electrons. The molecule has 0 bridgehead atoms. The fourth-order valence-electron chi connectivity index (χ4n) is 2.63. The number of halogens is 1. The van der Waals surface area contributed by atoms with Crippen LogP contribution in [0.25, 0.3) is 0 Å². The SMILES string of the molecule is O=C1COC2CCN(C(=O)Cc3ccc(Cl)s3)CC2N1. The first-order valence-electron chi connectivity index (χ1n) is 6.55. The molecule has 2 unspecified atom stereocenters. The number of morpholine rings is 1. The van der Waals surface area contributed by atoms with Gasteiger partial charge in [0.25, 0.3) is 0 Å². The lowest BCUT2D eigenvalue weighted by molar-refractivity contribution is -0.146. The highest BCUT2D eigenvalue weighted by Gasteiger charge is 2.36.